The van der Waals surface area contributed by atoms with Crippen molar-refractivity contribution in [3.63, 3.8) is 0 Å². The van der Waals surface area contributed by atoms with Crippen molar-refractivity contribution in [3.05, 3.63) is 194 Å². The molecule has 0 aromatic rings. The summed E-state index contributed by atoms with van der Waals surface area (Å²) in [7, 11) is -10.0. The van der Waals surface area contributed by atoms with Gasteiger partial charge in [-0.25, -0.2) is 9.13 Å². The van der Waals surface area contributed by atoms with Gasteiger partial charge in [-0.3, -0.25) is 37.3 Å². The summed E-state index contributed by atoms with van der Waals surface area (Å²) in [5, 5.41) is 10.6. The molecular formula is C85H134O17P2. The zero-order valence-corrected chi connectivity index (χ0v) is 65.6. The molecule has 104 heavy (non-hydrogen) atoms. The van der Waals surface area contributed by atoms with E-state index in [2.05, 4.69) is 198 Å². The number of hydrogen-bond acceptors (Lipinski definition) is 15. The summed E-state index contributed by atoms with van der Waals surface area (Å²) in [6, 6.07) is 0. The van der Waals surface area contributed by atoms with Crippen LogP contribution >= 0.6 is 15.6 Å². The largest absolute Gasteiger partial charge is 0.472 e. The highest BCUT2D eigenvalue weighted by atomic mass is 31.2. The normalized spacial score (nSPS) is 15.0. The van der Waals surface area contributed by atoms with E-state index in [1.807, 2.05) is 24.3 Å². The summed E-state index contributed by atoms with van der Waals surface area (Å²) in [6.45, 7) is 4.27. The molecule has 0 aliphatic heterocycles. The Kier molecular flexibility index (Phi) is 70.7. The Hall–Kier alpha value is -6.10. The van der Waals surface area contributed by atoms with Crippen molar-refractivity contribution in [3.8, 4) is 0 Å². The molecule has 5 unspecified atom stereocenters. The molecule has 0 spiro atoms. The van der Waals surface area contributed by atoms with E-state index < -0.39 is 97.5 Å². The number of aliphatic hydroxyl groups excluding tert-OH is 1. The molecule has 3 N–H and O–H groups in total. The van der Waals surface area contributed by atoms with Crippen LogP contribution in [0.3, 0.4) is 0 Å². The van der Waals surface area contributed by atoms with Gasteiger partial charge in [0, 0.05) is 25.7 Å². The molecule has 0 radical (unpaired) electrons. The second kappa shape index (κ2) is 75.1. The topological polar surface area (TPSA) is 237 Å². The minimum Gasteiger partial charge on any atom is -0.462 e. The van der Waals surface area contributed by atoms with Gasteiger partial charge < -0.3 is 33.8 Å². The summed E-state index contributed by atoms with van der Waals surface area (Å²) < 4.78 is 68.3. The van der Waals surface area contributed by atoms with Crippen LogP contribution in [-0.4, -0.2) is 96.7 Å². The molecule has 0 fully saturated rings. The number of ether oxygens (including phenoxy) is 4. The van der Waals surface area contributed by atoms with Crippen molar-refractivity contribution >= 4 is 39.5 Å². The molecule has 0 bridgehead atoms. The Bertz CT molecular complexity index is 2740. The Morgan fingerprint density at radius 1 is 0.279 bits per heavy atom. The van der Waals surface area contributed by atoms with E-state index in [0.717, 1.165) is 161 Å². The van der Waals surface area contributed by atoms with Gasteiger partial charge in [-0.1, -0.05) is 261 Å². The lowest BCUT2D eigenvalue weighted by Crippen LogP contribution is -2.30. The molecule has 19 heteroatoms. The summed E-state index contributed by atoms with van der Waals surface area (Å²) in [4.78, 5) is 72.9. The van der Waals surface area contributed by atoms with E-state index in [1.165, 1.54) is 6.42 Å². The van der Waals surface area contributed by atoms with E-state index in [-0.39, 0.29) is 25.7 Å². The summed E-state index contributed by atoms with van der Waals surface area (Å²) in [5.41, 5.74) is 0. The van der Waals surface area contributed by atoms with Crippen molar-refractivity contribution < 1.29 is 80.2 Å². The van der Waals surface area contributed by atoms with Crippen LogP contribution in [0.5, 0.6) is 0 Å². The van der Waals surface area contributed by atoms with Crippen LogP contribution in [0.25, 0.3) is 0 Å². The SMILES string of the molecule is CC/C=C\C/C=C\C/C=C\C/C=C\C/C=C\CCCCCC(=O)OCC(COP(=O)(O)OCC(O)COP(=O)(O)OCC(COC(=O)CCC/C=C\C/C=C\C/C=C\C/C=C\C/C=C\CC)OC(=O)CCC/C=C\C/C=C\C/C=C\C/C=C\C/C=C\CC)OC(=O)CCCCCCC/C=C\CCCC. The number of rotatable bonds is 70. The highest BCUT2D eigenvalue weighted by molar-refractivity contribution is 7.47. The van der Waals surface area contributed by atoms with Crippen LogP contribution in [0.15, 0.2) is 194 Å². The number of carbonyl (C=O) groups is 4. The maximum absolute atomic E-state index is 13.1. The van der Waals surface area contributed by atoms with E-state index in [4.69, 9.17) is 37.0 Å². The van der Waals surface area contributed by atoms with Crippen LogP contribution in [0.1, 0.15) is 259 Å². The van der Waals surface area contributed by atoms with Gasteiger partial charge in [-0.2, -0.15) is 0 Å². The number of aliphatic hydroxyl groups is 1. The van der Waals surface area contributed by atoms with Gasteiger partial charge >= 0.3 is 39.5 Å². The third-order valence-electron chi connectivity index (χ3n) is 15.0. The number of esters is 4. The molecular weight excluding hydrogens is 1350 g/mol. The molecule has 0 saturated carbocycles. The third kappa shape index (κ3) is 74.2. The monoisotopic (exact) mass is 1490 g/mol. The van der Waals surface area contributed by atoms with Crippen LogP contribution in [-0.2, 0) is 65.4 Å². The van der Waals surface area contributed by atoms with E-state index >= 15 is 0 Å². The highest BCUT2D eigenvalue weighted by Gasteiger charge is 2.30. The zero-order chi connectivity index (χ0) is 76.0. The minimum absolute atomic E-state index is 0.00445. The maximum atomic E-state index is 13.1. The highest BCUT2D eigenvalue weighted by Crippen LogP contribution is 2.45. The summed E-state index contributed by atoms with van der Waals surface area (Å²) in [6.07, 6.45) is 91.6. The molecule has 5 atom stereocenters. The number of unbranched alkanes of at least 4 members (excludes halogenated alkanes) is 12. The van der Waals surface area contributed by atoms with Crippen molar-refractivity contribution in [1.29, 1.82) is 0 Å². The van der Waals surface area contributed by atoms with E-state index in [0.29, 0.717) is 38.5 Å². The van der Waals surface area contributed by atoms with E-state index in [9.17, 15) is 43.2 Å². The lowest BCUT2D eigenvalue weighted by atomic mass is 10.1. The first kappa shape index (κ1) is 97.9. The van der Waals surface area contributed by atoms with Crippen molar-refractivity contribution in [1.82, 2.24) is 0 Å². The second-order valence-electron chi connectivity index (χ2n) is 24.8. The fraction of sp³-hybridized carbons (Fsp3) is 0.576. The fourth-order valence-electron chi connectivity index (χ4n) is 9.24. The molecule has 0 saturated heterocycles. The molecule has 0 amide bonds. The van der Waals surface area contributed by atoms with Gasteiger partial charge in [0.15, 0.2) is 12.2 Å². The summed E-state index contributed by atoms with van der Waals surface area (Å²) in [5.74, 6) is -2.38. The molecule has 0 heterocycles. The number of hydrogen-bond donors (Lipinski definition) is 3. The Balaban J connectivity index is 5.49. The van der Waals surface area contributed by atoms with Gasteiger partial charge in [0.2, 0.25) is 0 Å². The van der Waals surface area contributed by atoms with Crippen molar-refractivity contribution in [2.24, 2.45) is 0 Å². The Morgan fingerprint density at radius 2 is 0.510 bits per heavy atom. The van der Waals surface area contributed by atoms with Gasteiger partial charge in [0.25, 0.3) is 0 Å². The Morgan fingerprint density at radius 3 is 0.837 bits per heavy atom. The molecule has 0 aromatic carbocycles. The number of phosphoric ester groups is 2. The zero-order valence-electron chi connectivity index (χ0n) is 63.9. The second-order valence-corrected chi connectivity index (χ2v) is 27.7. The first-order chi connectivity index (χ1) is 50.7. The smallest absolute Gasteiger partial charge is 0.462 e. The number of carbonyl (C=O) groups excluding carboxylic acids is 4. The minimum atomic E-state index is -5.02. The third-order valence-corrected chi connectivity index (χ3v) is 16.9. The number of phosphoric acid groups is 2. The van der Waals surface area contributed by atoms with Gasteiger partial charge in [-0.05, 0) is 167 Å². The molecule has 586 valence electrons. The predicted octanol–water partition coefficient (Wildman–Crippen LogP) is 22.5. The standard InChI is InChI=1S/C85H134O17P2/c1-5-9-13-17-21-25-29-32-35-38-39-42-44-47-51-54-58-62-66-70-82(87)95-75-80(101-84(89)71-67-63-59-55-49-28-24-20-16-12-8-4)77-99-103(91,92)97-73-79(86)74-98-104(93,94)100-78-81(102-85(90)72-68-64-60-56-52-48-45-41-37-34-31-27-23-19-15-11-7-3)76-96-83(88)69-65-61-57-53-50-46-43-40-36-33-30-26-22-18-14-10-6-2/h9-11,13-15,20-27,32-37,39,42-43,45-48,51,53,56-57,60,79-81,86H,5-8,12,16-19,28-31,38,40-41,44,49-50,52,54-55,58-59,61-78H2,1-4H3,(H,91,92)(H,93,94)/b13-9-,14-10-,15-11-,24-20-,25-21-,26-22-,27-23-,35-32-,36-33-,37-34-,42-39-,46-43-,48-45-,51-47-,57-53-,60-56-. The van der Waals surface area contributed by atoms with Crippen molar-refractivity contribution in [2.75, 3.05) is 39.6 Å². The lowest BCUT2D eigenvalue weighted by molar-refractivity contribution is -0.161. The molecule has 0 aliphatic rings. The van der Waals surface area contributed by atoms with Gasteiger partial charge in [-0.15, -0.1) is 0 Å². The lowest BCUT2D eigenvalue weighted by Gasteiger charge is -2.21. The first-order valence-corrected chi connectivity index (χ1v) is 41.7. The quantitative estimate of drug-likeness (QED) is 0.0169. The summed E-state index contributed by atoms with van der Waals surface area (Å²) >= 11 is 0. The van der Waals surface area contributed by atoms with Crippen molar-refractivity contribution in [2.45, 2.75) is 277 Å². The molecule has 0 aliphatic carbocycles. The van der Waals surface area contributed by atoms with Gasteiger partial charge in [0.05, 0.1) is 26.4 Å². The molecule has 0 rings (SSSR count). The number of allylic oxidation sites excluding steroid dienone is 32. The van der Waals surface area contributed by atoms with Gasteiger partial charge in [0.1, 0.15) is 19.3 Å². The first-order valence-electron chi connectivity index (χ1n) is 38.7. The fourth-order valence-corrected chi connectivity index (χ4v) is 10.8. The maximum Gasteiger partial charge on any atom is 0.472 e. The average Bonchev–Trinajstić information content (AvgIpc) is 0.931. The predicted molar refractivity (Wildman–Crippen MR) is 426 cm³/mol. The van der Waals surface area contributed by atoms with Crippen LogP contribution in [0, 0.1) is 0 Å². The van der Waals surface area contributed by atoms with Crippen LogP contribution in [0.4, 0.5) is 0 Å². The Labute approximate surface area is 627 Å². The van der Waals surface area contributed by atoms with Crippen LogP contribution in [0.2, 0.25) is 0 Å². The van der Waals surface area contributed by atoms with E-state index in [1.54, 1.807) is 0 Å². The van der Waals surface area contributed by atoms with Crippen LogP contribution < -0.4 is 0 Å². The molecule has 0 aromatic heterocycles. The molecule has 17 nitrogen and oxygen atoms in total. The average molecular weight is 1490 g/mol.